The van der Waals surface area contributed by atoms with Gasteiger partial charge in [-0.3, -0.25) is 4.90 Å². The zero-order valence-corrected chi connectivity index (χ0v) is 20.2. The zero-order valence-electron chi connectivity index (χ0n) is 19.4. The third-order valence-corrected chi connectivity index (χ3v) is 6.26. The molecule has 0 bridgehead atoms. The lowest BCUT2D eigenvalue weighted by atomic mass is 9.65. The van der Waals surface area contributed by atoms with Crippen molar-refractivity contribution in [3.8, 4) is 5.75 Å². The molecule has 3 rings (SSSR count). The van der Waals surface area contributed by atoms with Gasteiger partial charge in [0.05, 0.1) is 7.11 Å². The van der Waals surface area contributed by atoms with Gasteiger partial charge in [0.25, 0.3) is 0 Å². The van der Waals surface area contributed by atoms with Gasteiger partial charge in [-0.2, -0.15) is 0 Å². The van der Waals surface area contributed by atoms with E-state index in [1.807, 2.05) is 0 Å². The van der Waals surface area contributed by atoms with E-state index in [2.05, 4.69) is 68.7 Å². The molecule has 2 aliphatic rings. The lowest BCUT2D eigenvalue weighted by Crippen LogP contribution is -2.47. The minimum Gasteiger partial charge on any atom is -0.497 e. The first-order chi connectivity index (χ1) is 13.2. The summed E-state index contributed by atoms with van der Waals surface area (Å²) in [4.78, 5) is 5.20. The monoisotopic (exact) mass is 420 g/mol. The highest BCUT2D eigenvalue weighted by Gasteiger charge is 2.34. The fraction of sp³-hybridized carbons (Fsp3) is 0.680. The molecule has 0 aromatic heterocycles. The highest BCUT2D eigenvalue weighted by molar-refractivity contribution is 5.85. The maximum atomic E-state index is 5.59. The van der Waals surface area contributed by atoms with Crippen molar-refractivity contribution in [2.75, 3.05) is 44.7 Å². The number of anilines is 1. The first kappa shape index (κ1) is 24.1. The van der Waals surface area contributed by atoms with E-state index in [1.165, 1.54) is 42.6 Å². The molecule has 0 unspecified atom stereocenters. The maximum Gasteiger partial charge on any atom is 0.120 e. The van der Waals surface area contributed by atoms with Crippen LogP contribution in [0.3, 0.4) is 0 Å². The van der Waals surface area contributed by atoms with Gasteiger partial charge in [0.2, 0.25) is 0 Å². The van der Waals surface area contributed by atoms with Crippen LogP contribution in [0.25, 0.3) is 5.57 Å². The van der Waals surface area contributed by atoms with Crippen LogP contribution in [-0.2, 0) is 0 Å². The van der Waals surface area contributed by atoms with E-state index in [0.29, 0.717) is 5.41 Å². The summed E-state index contributed by atoms with van der Waals surface area (Å²) in [5.41, 5.74) is 4.85. The van der Waals surface area contributed by atoms with Gasteiger partial charge >= 0.3 is 0 Å². The second-order valence-electron chi connectivity index (χ2n) is 10.2. The van der Waals surface area contributed by atoms with E-state index in [4.69, 9.17) is 4.74 Å². The number of benzene rings is 1. The number of ether oxygens (including phenoxy) is 1. The van der Waals surface area contributed by atoms with Crippen LogP contribution in [0.4, 0.5) is 5.69 Å². The molecule has 4 heteroatoms. The SMILES string of the molecule is CCCCN1CCN(c2cc(OC)ccc2C2=CC(C)(C)CC(C)(C)C2)CC1.Cl. The van der Waals surface area contributed by atoms with Crippen molar-refractivity contribution in [2.45, 2.75) is 60.3 Å². The zero-order chi connectivity index (χ0) is 20.4. The summed E-state index contributed by atoms with van der Waals surface area (Å²) in [7, 11) is 1.77. The average Bonchev–Trinajstić information content (AvgIpc) is 2.64. The van der Waals surface area contributed by atoms with Crippen LogP contribution in [0.5, 0.6) is 5.75 Å². The molecule has 1 fully saturated rings. The molecule has 1 aromatic carbocycles. The van der Waals surface area contributed by atoms with Crippen LogP contribution in [0.2, 0.25) is 0 Å². The van der Waals surface area contributed by atoms with Crippen molar-refractivity contribution in [1.29, 1.82) is 0 Å². The van der Waals surface area contributed by atoms with Crippen LogP contribution in [-0.4, -0.2) is 44.7 Å². The highest BCUT2D eigenvalue weighted by Crippen LogP contribution is 2.49. The number of unbranched alkanes of at least 4 members (excludes halogenated alkanes) is 1. The lowest BCUT2D eigenvalue weighted by Gasteiger charge is -2.41. The summed E-state index contributed by atoms with van der Waals surface area (Å²) in [6.45, 7) is 17.6. The Morgan fingerprint density at radius 3 is 2.31 bits per heavy atom. The number of hydrogen-bond acceptors (Lipinski definition) is 3. The Kier molecular flexibility index (Phi) is 8.09. The minimum absolute atomic E-state index is 0. The Balaban J connectivity index is 0.00000300. The Morgan fingerprint density at radius 2 is 1.72 bits per heavy atom. The third-order valence-electron chi connectivity index (χ3n) is 6.26. The van der Waals surface area contributed by atoms with Crippen molar-refractivity contribution in [3.63, 3.8) is 0 Å². The van der Waals surface area contributed by atoms with Gasteiger partial charge in [-0.25, -0.2) is 0 Å². The fourth-order valence-electron chi connectivity index (χ4n) is 5.32. The number of nitrogens with zero attached hydrogens (tertiary/aromatic N) is 2. The molecule has 0 N–H and O–H groups in total. The van der Waals surface area contributed by atoms with Crippen molar-refractivity contribution in [2.24, 2.45) is 10.8 Å². The maximum absolute atomic E-state index is 5.59. The topological polar surface area (TPSA) is 15.7 Å². The Labute approximate surface area is 184 Å². The van der Waals surface area contributed by atoms with Gasteiger partial charge in [-0.1, -0.05) is 47.1 Å². The Bertz CT molecular complexity index is 703. The molecular weight excluding hydrogens is 380 g/mol. The molecule has 1 aliphatic heterocycles. The summed E-state index contributed by atoms with van der Waals surface area (Å²) in [6, 6.07) is 6.68. The second-order valence-corrected chi connectivity index (χ2v) is 10.2. The molecule has 0 radical (unpaired) electrons. The molecule has 1 saturated heterocycles. The van der Waals surface area contributed by atoms with E-state index < -0.39 is 0 Å². The number of allylic oxidation sites excluding steroid dienone is 2. The Hall–Kier alpha value is -1.19. The molecule has 0 atom stereocenters. The predicted molar refractivity (Wildman–Crippen MR) is 129 cm³/mol. The van der Waals surface area contributed by atoms with E-state index in [-0.39, 0.29) is 17.8 Å². The lowest BCUT2D eigenvalue weighted by molar-refractivity contribution is 0.228. The quantitative estimate of drug-likeness (QED) is 0.539. The standard InChI is InChI=1S/C25H40N2O.ClH/c1-7-8-11-26-12-14-27(15-13-26)23-16-21(28-6)9-10-22(23)20-17-24(2,3)19-25(4,5)18-20;/h9-10,16-17H,7-8,11-15,18-19H2,1-6H3;1H. The van der Waals surface area contributed by atoms with E-state index >= 15 is 0 Å². The number of piperazine rings is 1. The van der Waals surface area contributed by atoms with E-state index in [9.17, 15) is 0 Å². The van der Waals surface area contributed by atoms with Crippen LogP contribution in [0.15, 0.2) is 24.3 Å². The van der Waals surface area contributed by atoms with Crippen LogP contribution >= 0.6 is 12.4 Å². The van der Waals surface area contributed by atoms with Gasteiger partial charge in [0.1, 0.15) is 5.75 Å². The molecule has 3 nitrogen and oxygen atoms in total. The van der Waals surface area contributed by atoms with Crippen LogP contribution in [0.1, 0.15) is 65.9 Å². The summed E-state index contributed by atoms with van der Waals surface area (Å²) < 4.78 is 5.59. The summed E-state index contributed by atoms with van der Waals surface area (Å²) >= 11 is 0. The Morgan fingerprint density at radius 1 is 1.03 bits per heavy atom. The van der Waals surface area contributed by atoms with E-state index in [0.717, 1.165) is 38.3 Å². The predicted octanol–water partition coefficient (Wildman–Crippen LogP) is 6.27. The van der Waals surface area contributed by atoms with Crippen molar-refractivity contribution >= 4 is 23.7 Å². The molecule has 0 saturated carbocycles. The molecule has 164 valence electrons. The normalized spacial score (nSPS) is 21.3. The van der Waals surface area contributed by atoms with Crippen molar-refractivity contribution in [3.05, 3.63) is 29.8 Å². The van der Waals surface area contributed by atoms with Gasteiger partial charge in [-0.05, 0) is 54.3 Å². The smallest absolute Gasteiger partial charge is 0.120 e. The number of rotatable bonds is 6. The van der Waals surface area contributed by atoms with Crippen LogP contribution < -0.4 is 9.64 Å². The largest absolute Gasteiger partial charge is 0.497 e. The summed E-state index contributed by atoms with van der Waals surface area (Å²) in [6.07, 6.45) is 7.50. The average molecular weight is 421 g/mol. The molecular formula is C25H41ClN2O. The molecule has 1 aromatic rings. The van der Waals surface area contributed by atoms with Crippen molar-refractivity contribution < 1.29 is 4.74 Å². The van der Waals surface area contributed by atoms with Crippen LogP contribution in [0, 0.1) is 10.8 Å². The van der Waals surface area contributed by atoms with Gasteiger partial charge < -0.3 is 9.64 Å². The third kappa shape index (κ3) is 6.15. The second kappa shape index (κ2) is 9.75. The number of methoxy groups -OCH3 is 1. The number of halogens is 1. The van der Waals surface area contributed by atoms with E-state index in [1.54, 1.807) is 7.11 Å². The van der Waals surface area contributed by atoms with Gasteiger partial charge in [-0.15, -0.1) is 12.4 Å². The highest BCUT2D eigenvalue weighted by atomic mass is 35.5. The molecule has 1 heterocycles. The molecule has 0 amide bonds. The van der Waals surface area contributed by atoms with Gasteiger partial charge in [0.15, 0.2) is 0 Å². The van der Waals surface area contributed by atoms with Gasteiger partial charge in [0, 0.05) is 43.5 Å². The molecule has 29 heavy (non-hydrogen) atoms. The molecule has 1 aliphatic carbocycles. The molecule has 0 spiro atoms. The fourth-order valence-corrected chi connectivity index (χ4v) is 5.32. The number of hydrogen-bond donors (Lipinski definition) is 0. The first-order valence-corrected chi connectivity index (χ1v) is 11.1. The first-order valence-electron chi connectivity index (χ1n) is 11.1. The summed E-state index contributed by atoms with van der Waals surface area (Å²) in [5.74, 6) is 0.960. The minimum atomic E-state index is 0. The summed E-state index contributed by atoms with van der Waals surface area (Å²) in [5, 5.41) is 0. The van der Waals surface area contributed by atoms with Crippen molar-refractivity contribution in [1.82, 2.24) is 4.90 Å².